The topological polar surface area (TPSA) is 95.9 Å². The zero-order chi connectivity index (χ0) is 40.1. The molecule has 1 amide bonds. The number of nitrogens with one attached hydrogen (secondary N) is 1. The average Bonchev–Trinajstić information content (AvgIpc) is 3.18. The highest BCUT2D eigenvalue weighted by Crippen LogP contribution is 2.13. The van der Waals surface area contributed by atoms with Crippen LogP contribution in [0.4, 0.5) is 0 Å². The molecule has 0 heterocycles. The van der Waals surface area contributed by atoms with Gasteiger partial charge in [-0.1, -0.05) is 178 Å². The van der Waals surface area contributed by atoms with Gasteiger partial charge < -0.3 is 20.3 Å². The van der Waals surface area contributed by atoms with Crippen molar-refractivity contribution in [3.8, 4) is 0 Å². The van der Waals surface area contributed by atoms with Gasteiger partial charge >= 0.3 is 5.97 Å². The summed E-state index contributed by atoms with van der Waals surface area (Å²) in [4.78, 5) is 24.3. The normalized spacial score (nSPS) is 13.2. The fourth-order valence-electron chi connectivity index (χ4n) is 6.66. The number of ether oxygens (including phenoxy) is 1. The summed E-state index contributed by atoms with van der Waals surface area (Å²) in [6.07, 6.45) is 53.8. The van der Waals surface area contributed by atoms with Gasteiger partial charge in [-0.2, -0.15) is 0 Å². The number of amides is 1. The van der Waals surface area contributed by atoms with E-state index in [1.165, 1.54) is 122 Å². The van der Waals surface area contributed by atoms with Gasteiger partial charge in [-0.25, -0.2) is 0 Å². The third-order valence-corrected chi connectivity index (χ3v) is 10.3. The van der Waals surface area contributed by atoms with Crippen LogP contribution in [-0.4, -0.2) is 47.4 Å². The van der Waals surface area contributed by atoms with Crippen molar-refractivity contribution >= 4 is 11.9 Å². The molecule has 0 aliphatic rings. The zero-order valence-corrected chi connectivity index (χ0v) is 36.1. The first-order valence-electron chi connectivity index (χ1n) is 23.4. The summed E-state index contributed by atoms with van der Waals surface area (Å²) in [6.45, 7) is 4.77. The summed E-state index contributed by atoms with van der Waals surface area (Å²) < 4.78 is 5.41. The van der Waals surface area contributed by atoms with Gasteiger partial charge in [0.1, 0.15) is 0 Å². The van der Waals surface area contributed by atoms with E-state index >= 15 is 0 Å². The number of hydrogen-bond donors (Lipinski definition) is 3. The van der Waals surface area contributed by atoms with Crippen molar-refractivity contribution in [2.45, 2.75) is 238 Å². The lowest BCUT2D eigenvalue weighted by molar-refractivity contribution is -0.143. The molecule has 0 radical (unpaired) electrons. The van der Waals surface area contributed by atoms with Crippen LogP contribution in [0.3, 0.4) is 0 Å². The summed E-state index contributed by atoms with van der Waals surface area (Å²) in [7, 11) is 0. The molecule has 0 saturated heterocycles. The maximum absolute atomic E-state index is 12.4. The van der Waals surface area contributed by atoms with E-state index in [9.17, 15) is 19.8 Å². The van der Waals surface area contributed by atoms with E-state index in [4.69, 9.17) is 4.74 Å². The molecule has 0 fully saturated rings. The van der Waals surface area contributed by atoms with Gasteiger partial charge in [0.05, 0.1) is 25.4 Å². The average molecular weight is 772 g/mol. The van der Waals surface area contributed by atoms with Crippen molar-refractivity contribution in [1.82, 2.24) is 5.32 Å². The molecule has 55 heavy (non-hydrogen) atoms. The standard InChI is InChI=1S/C49H89NO5/c1-3-5-7-9-11-13-15-22-25-29-33-37-41-47(52)46(45-51)50-48(53)42-38-34-30-26-23-19-17-16-18-20-24-28-32-36-40-44-55-49(54)43-39-35-31-27-21-14-12-10-8-6-4-2/h10,12,16,18,20,24,37,41,46-47,51-52H,3-9,11,13-15,17,19,21-23,25-36,38-40,42-45H2,1-2H3,(H,50,53)/b12-10-,18-16-,24-20-,41-37+. The minimum Gasteiger partial charge on any atom is -0.466 e. The number of aliphatic hydroxyl groups excluding tert-OH is 2. The van der Waals surface area contributed by atoms with Crippen LogP contribution in [0.1, 0.15) is 226 Å². The van der Waals surface area contributed by atoms with Crippen LogP contribution in [0.2, 0.25) is 0 Å². The maximum Gasteiger partial charge on any atom is 0.305 e. The van der Waals surface area contributed by atoms with Crippen LogP contribution in [0.15, 0.2) is 48.6 Å². The Balaban J connectivity index is 3.59. The number of esters is 1. The summed E-state index contributed by atoms with van der Waals surface area (Å²) in [5, 5.41) is 22.9. The molecule has 0 aliphatic carbocycles. The molecule has 3 N–H and O–H groups in total. The quantitative estimate of drug-likeness (QED) is 0.0249. The Hall–Kier alpha value is -2.18. The molecule has 320 valence electrons. The smallest absolute Gasteiger partial charge is 0.305 e. The molecule has 0 aromatic rings. The Kier molecular flexibility index (Phi) is 42.8. The minimum atomic E-state index is -0.858. The Morgan fingerprint density at radius 2 is 0.927 bits per heavy atom. The third kappa shape index (κ3) is 41.3. The van der Waals surface area contributed by atoms with E-state index in [1.54, 1.807) is 6.08 Å². The van der Waals surface area contributed by atoms with Crippen LogP contribution >= 0.6 is 0 Å². The van der Waals surface area contributed by atoms with Gasteiger partial charge in [0.25, 0.3) is 0 Å². The van der Waals surface area contributed by atoms with Crippen LogP contribution in [0, 0.1) is 0 Å². The van der Waals surface area contributed by atoms with Crippen molar-refractivity contribution in [3.05, 3.63) is 48.6 Å². The van der Waals surface area contributed by atoms with Gasteiger partial charge in [0.15, 0.2) is 0 Å². The molecule has 2 unspecified atom stereocenters. The molecule has 6 nitrogen and oxygen atoms in total. The minimum absolute atomic E-state index is 0.0353. The van der Waals surface area contributed by atoms with Crippen molar-refractivity contribution in [3.63, 3.8) is 0 Å². The summed E-state index contributed by atoms with van der Waals surface area (Å²) in [6, 6.07) is -0.644. The lowest BCUT2D eigenvalue weighted by Crippen LogP contribution is -2.45. The summed E-state index contributed by atoms with van der Waals surface area (Å²) >= 11 is 0. The van der Waals surface area contributed by atoms with Gasteiger partial charge in [0.2, 0.25) is 5.91 Å². The number of carbonyl (C=O) groups excluding carboxylic acids is 2. The van der Waals surface area contributed by atoms with Gasteiger partial charge in [-0.15, -0.1) is 0 Å². The molecule has 0 rings (SSSR count). The van der Waals surface area contributed by atoms with Crippen molar-refractivity contribution in [2.24, 2.45) is 0 Å². The van der Waals surface area contributed by atoms with Gasteiger partial charge in [0, 0.05) is 12.8 Å². The van der Waals surface area contributed by atoms with E-state index in [2.05, 4.69) is 55.6 Å². The molecule has 0 aromatic heterocycles. The maximum atomic E-state index is 12.4. The van der Waals surface area contributed by atoms with E-state index in [1.807, 2.05) is 6.08 Å². The molecule has 0 saturated carbocycles. The number of aliphatic hydroxyl groups is 2. The monoisotopic (exact) mass is 772 g/mol. The number of unbranched alkanes of at least 4 members (excludes halogenated alkanes) is 26. The van der Waals surface area contributed by atoms with Gasteiger partial charge in [-0.3, -0.25) is 9.59 Å². The van der Waals surface area contributed by atoms with Crippen molar-refractivity contribution in [1.29, 1.82) is 0 Å². The predicted octanol–water partition coefficient (Wildman–Crippen LogP) is 13.5. The fourth-order valence-corrected chi connectivity index (χ4v) is 6.66. The Morgan fingerprint density at radius 3 is 1.45 bits per heavy atom. The molecule has 6 heteroatoms. The molecular formula is C49H89NO5. The third-order valence-electron chi connectivity index (χ3n) is 10.3. The molecule has 0 bridgehead atoms. The lowest BCUT2D eigenvalue weighted by atomic mass is 10.1. The predicted molar refractivity (Wildman–Crippen MR) is 236 cm³/mol. The Labute approximate surface area is 340 Å². The molecular weight excluding hydrogens is 683 g/mol. The zero-order valence-electron chi connectivity index (χ0n) is 36.1. The number of hydrogen-bond acceptors (Lipinski definition) is 5. The first-order valence-corrected chi connectivity index (χ1v) is 23.4. The fraction of sp³-hybridized carbons (Fsp3) is 0.796. The largest absolute Gasteiger partial charge is 0.466 e. The van der Waals surface area contributed by atoms with Crippen LogP contribution in [0.5, 0.6) is 0 Å². The highest BCUT2D eigenvalue weighted by molar-refractivity contribution is 5.76. The van der Waals surface area contributed by atoms with Crippen molar-refractivity contribution in [2.75, 3.05) is 13.2 Å². The van der Waals surface area contributed by atoms with Crippen LogP contribution < -0.4 is 5.32 Å². The van der Waals surface area contributed by atoms with E-state index in [0.29, 0.717) is 19.4 Å². The number of carbonyl (C=O) groups is 2. The van der Waals surface area contributed by atoms with Crippen molar-refractivity contribution < 1.29 is 24.5 Å². The summed E-state index contributed by atoms with van der Waals surface area (Å²) in [5.41, 5.74) is 0. The van der Waals surface area contributed by atoms with Crippen LogP contribution in [0.25, 0.3) is 0 Å². The first kappa shape index (κ1) is 52.8. The van der Waals surface area contributed by atoms with E-state index in [0.717, 1.165) is 77.0 Å². The Bertz CT molecular complexity index is 942. The highest BCUT2D eigenvalue weighted by Gasteiger charge is 2.18. The van der Waals surface area contributed by atoms with Crippen LogP contribution in [-0.2, 0) is 14.3 Å². The molecule has 0 aromatic carbocycles. The SMILES string of the molecule is CCCC/C=C\CCCCCCCC(=O)OCCCCC/C=C\C=C/CCCCCCCCC(=O)NC(CO)C(O)/C=C/CCCCCCCCCCCC. The summed E-state index contributed by atoms with van der Waals surface area (Å²) in [5.74, 6) is -0.129. The van der Waals surface area contributed by atoms with Gasteiger partial charge in [-0.05, 0) is 83.5 Å². The number of rotatable bonds is 42. The second-order valence-corrected chi connectivity index (χ2v) is 15.8. The molecule has 0 aliphatic heterocycles. The highest BCUT2D eigenvalue weighted by atomic mass is 16.5. The lowest BCUT2D eigenvalue weighted by Gasteiger charge is -2.20. The molecule has 0 spiro atoms. The van der Waals surface area contributed by atoms with E-state index in [-0.39, 0.29) is 18.5 Å². The van der Waals surface area contributed by atoms with E-state index < -0.39 is 12.1 Å². The Morgan fingerprint density at radius 1 is 0.509 bits per heavy atom. The number of allylic oxidation sites excluding steroid dienone is 7. The first-order chi connectivity index (χ1) is 27.0. The second kappa shape index (κ2) is 44.5. The molecule has 2 atom stereocenters. The second-order valence-electron chi connectivity index (χ2n) is 15.8.